The van der Waals surface area contributed by atoms with Gasteiger partial charge in [-0.3, -0.25) is 9.10 Å². The van der Waals surface area contributed by atoms with Crippen LogP contribution >= 0.6 is 23.4 Å². The van der Waals surface area contributed by atoms with Gasteiger partial charge >= 0.3 is 0 Å². The van der Waals surface area contributed by atoms with Crippen LogP contribution in [0.5, 0.6) is 0 Å². The Morgan fingerprint density at radius 3 is 2.37 bits per heavy atom. The number of carbonyl (C=O) groups is 1. The van der Waals surface area contributed by atoms with Crippen LogP contribution in [0.15, 0.2) is 54.6 Å². The molecule has 0 radical (unpaired) electrons. The van der Waals surface area contributed by atoms with Crippen LogP contribution in [0.2, 0.25) is 5.02 Å². The standard InChI is InChI=1S/C19H23ClN2O3S2/c1-15(22(27(2,24)25)18-6-4-3-5-7-18)19(23)21-12-13-26-14-16-8-10-17(20)11-9-16/h3-11,15H,12-14H2,1-2H3,(H,21,23)/t15-/m0/s1. The first-order valence-electron chi connectivity index (χ1n) is 8.43. The van der Waals surface area contributed by atoms with E-state index in [4.69, 9.17) is 11.6 Å². The highest BCUT2D eigenvalue weighted by Crippen LogP contribution is 2.20. The van der Waals surface area contributed by atoms with Crippen molar-refractivity contribution in [1.29, 1.82) is 0 Å². The van der Waals surface area contributed by atoms with Crippen molar-refractivity contribution in [1.82, 2.24) is 5.32 Å². The number of halogens is 1. The molecule has 1 N–H and O–H groups in total. The molecule has 27 heavy (non-hydrogen) atoms. The van der Waals surface area contributed by atoms with Gasteiger partial charge in [0.25, 0.3) is 0 Å². The number of sulfonamides is 1. The summed E-state index contributed by atoms with van der Waals surface area (Å²) < 4.78 is 25.5. The van der Waals surface area contributed by atoms with Crippen LogP contribution in [0.3, 0.4) is 0 Å². The molecule has 0 fully saturated rings. The topological polar surface area (TPSA) is 66.5 Å². The summed E-state index contributed by atoms with van der Waals surface area (Å²) in [7, 11) is -3.58. The highest BCUT2D eigenvalue weighted by atomic mass is 35.5. The van der Waals surface area contributed by atoms with Gasteiger partial charge in [0.05, 0.1) is 11.9 Å². The predicted octanol–water partition coefficient (Wildman–Crippen LogP) is 3.54. The number of rotatable bonds is 9. The van der Waals surface area contributed by atoms with Crippen LogP contribution in [-0.2, 0) is 20.6 Å². The predicted molar refractivity (Wildman–Crippen MR) is 114 cm³/mol. The van der Waals surface area contributed by atoms with Gasteiger partial charge in [0.15, 0.2) is 0 Å². The average Bonchev–Trinajstić information content (AvgIpc) is 2.62. The molecule has 0 saturated carbocycles. The molecule has 0 aliphatic carbocycles. The first-order chi connectivity index (χ1) is 12.8. The van der Waals surface area contributed by atoms with E-state index in [1.54, 1.807) is 49.0 Å². The minimum atomic E-state index is -3.58. The third-order valence-electron chi connectivity index (χ3n) is 3.83. The van der Waals surface area contributed by atoms with E-state index < -0.39 is 16.1 Å². The Hall–Kier alpha value is -1.70. The molecule has 8 heteroatoms. The highest BCUT2D eigenvalue weighted by molar-refractivity contribution is 7.98. The Kier molecular flexibility index (Phi) is 8.01. The van der Waals surface area contributed by atoms with Gasteiger partial charge in [0, 0.05) is 23.1 Å². The van der Waals surface area contributed by atoms with E-state index in [2.05, 4.69) is 5.32 Å². The molecule has 0 aromatic heterocycles. The summed E-state index contributed by atoms with van der Waals surface area (Å²) in [6, 6.07) is 15.4. The summed E-state index contributed by atoms with van der Waals surface area (Å²) in [6.45, 7) is 2.05. The van der Waals surface area contributed by atoms with Crippen molar-refractivity contribution >= 4 is 45.0 Å². The Bertz CT molecular complexity index is 843. The molecule has 2 aromatic carbocycles. The van der Waals surface area contributed by atoms with E-state index in [0.29, 0.717) is 17.3 Å². The largest absolute Gasteiger partial charge is 0.353 e. The van der Waals surface area contributed by atoms with Crippen LogP contribution in [0.1, 0.15) is 12.5 Å². The monoisotopic (exact) mass is 426 g/mol. The molecular weight excluding hydrogens is 404 g/mol. The number of carbonyl (C=O) groups excluding carboxylic acids is 1. The zero-order chi connectivity index (χ0) is 19.9. The molecule has 0 aliphatic rings. The van der Waals surface area contributed by atoms with Crippen molar-refractivity contribution in [3.8, 4) is 0 Å². The lowest BCUT2D eigenvalue weighted by Gasteiger charge is -2.28. The molecule has 1 atom stereocenters. The first kappa shape index (κ1) is 21.6. The molecule has 0 bridgehead atoms. The van der Waals surface area contributed by atoms with Crippen molar-refractivity contribution < 1.29 is 13.2 Å². The second kappa shape index (κ2) is 10.0. The number of anilines is 1. The lowest BCUT2D eigenvalue weighted by atomic mass is 10.2. The maximum Gasteiger partial charge on any atom is 0.243 e. The number of hydrogen-bond acceptors (Lipinski definition) is 4. The third-order valence-corrected chi connectivity index (χ3v) is 6.35. The average molecular weight is 427 g/mol. The Balaban J connectivity index is 1.85. The fraction of sp³-hybridized carbons (Fsp3) is 0.316. The quantitative estimate of drug-likeness (QED) is 0.623. The third kappa shape index (κ3) is 6.75. The van der Waals surface area contributed by atoms with Crippen molar-refractivity contribution in [2.24, 2.45) is 0 Å². The summed E-state index contributed by atoms with van der Waals surface area (Å²) >= 11 is 7.55. The number of nitrogens with zero attached hydrogens (tertiary/aromatic N) is 1. The maximum absolute atomic E-state index is 12.4. The fourth-order valence-electron chi connectivity index (χ4n) is 2.55. The van der Waals surface area contributed by atoms with Gasteiger partial charge in [0.2, 0.25) is 15.9 Å². The van der Waals surface area contributed by atoms with E-state index in [-0.39, 0.29) is 5.91 Å². The number of para-hydroxylation sites is 1. The van der Waals surface area contributed by atoms with Crippen LogP contribution in [0.4, 0.5) is 5.69 Å². The summed E-state index contributed by atoms with van der Waals surface area (Å²) in [5, 5.41) is 3.52. The Morgan fingerprint density at radius 2 is 1.78 bits per heavy atom. The number of nitrogens with one attached hydrogen (secondary N) is 1. The SMILES string of the molecule is C[C@@H](C(=O)NCCSCc1ccc(Cl)cc1)N(c1ccccc1)S(C)(=O)=O. The molecule has 0 aliphatic heterocycles. The van der Waals surface area contributed by atoms with E-state index in [0.717, 1.165) is 27.6 Å². The molecular formula is C19H23ClN2O3S2. The van der Waals surface area contributed by atoms with E-state index in [1.807, 2.05) is 24.3 Å². The van der Waals surface area contributed by atoms with Crippen LogP contribution in [0.25, 0.3) is 0 Å². The van der Waals surface area contributed by atoms with Crippen LogP contribution in [0, 0.1) is 0 Å². The van der Waals surface area contributed by atoms with Gasteiger partial charge < -0.3 is 5.32 Å². The summed E-state index contributed by atoms with van der Waals surface area (Å²) in [5.74, 6) is 1.23. The summed E-state index contributed by atoms with van der Waals surface area (Å²) in [5.41, 5.74) is 1.64. The summed E-state index contributed by atoms with van der Waals surface area (Å²) in [4.78, 5) is 12.4. The molecule has 5 nitrogen and oxygen atoms in total. The summed E-state index contributed by atoms with van der Waals surface area (Å²) in [6.07, 6.45) is 1.10. The second-order valence-electron chi connectivity index (χ2n) is 6.04. The van der Waals surface area contributed by atoms with E-state index >= 15 is 0 Å². The van der Waals surface area contributed by atoms with Gasteiger partial charge in [-0.2, -0.15) is 11.8 Å². The molecule has 146 valence electrons. The molecule has 1 amide bonds. The molecule has 0 saturated heterocycles. The minimum absolute atomic E-state index is 0.323. The number of amides is 1. The zero-order valence-electron chi connectivity index (χ0n) is 15.3. The number of benzene rings is 2. The molecule has 0 heterocycles. The van der Waals surface area contributed by atoms with Gasteiger partial charge in [-0.1, -0.05) is 41.9 Å². The van der Waals surface area contributed by atoms with Crippen LogP contribution < -0.4 is 9.62 Å². The lowest BCUT2D eigenvalue weighted by molar-refractivity contribution is -0.121. The van der Waals surface area contributed by atoms with Crippen molar-refractivity contribution in [3.05, 3.63) is 65.2 Å². The van der Waals surface area contributed by atoms with Gasteiger partial charge in [-0.15, -0.1) is 0 Å². The second-order valence-corrected chi connectivity index (χ2v) is 9.44. The van der Waals surface area contributed by atoms with Gasteiger partial charge in [-0.25, -0.2) is 8.42 Å². The Labute approximate surface area is 170 Å². The van der Waals surface area contributed by atoms with Crippen LogP contribution in [-0.4, -0.2) is 38.9 Å². The highest BCUT2D eigenvalue weighted by Gasteiger charge is 2.28. The Morgan fingerprint density at radius 1 is 1.15 bits per heavy atom. The smallest absolute Gasteiger partial charge is 0.243 e. The molecule has 2 rings (SSSR count). The fourth-order valence-corrected chi connectivity index (χ4v) is 4.67. The number of hydrogen-bond donors (Lipinski definition) is 1. The maximum atomic E-state index is 12.4. The lowest BCUT2D eigenvalue weighted by Crippen LogP contribution is -2.48. The van der Waals surface area contributed by atoms with Crippen molar-refractivity contribution in [3.63, 3.8) is 0 Å². The molecule has 0 spiro atoms. The minimum Gasteiger partial charge on any atom is -0.353 e. The van der Waals surface area contributed by atoms with E-state index in [1.165, 1.54) is 0 Å². The van der Waals surface area contributed by atoms with Crippen molar-refractivity contribution in [2.75, 3.05) is 22.9 Å². The van der Waals surface area contributed by atoms with Gasteiger partial charge in [0.1, 0.15) is 6.04 Å². The van der Waals surface area contributed by atoms with E-state index in [9.17, 15) is 13.2 Å². The number of thioether (sulfide) groups is 1. The van der Waals surface area contributed by atoms with Crippen molar-refractivity contribution in [2.45, 2.75) is 18.7 Å². The molecule has 2 aromatic rings. The molecule has 0 unspecified atom stereocenters. The zero-order valence-corrected chi connectivity index (χ0v) is 17.7. The first-order valence-corrected chi connectivity index (χ1v) is 11.8. The van der Waals surface area contributed by atoms with Gasteiger partial charge in [-0.05, 0) is 36.8 Å². The normalized spacial score (nSPS) is 12.4.